The van der Waals surface area contributed by atoms with Gasteiger partial charge in [-0.05, 0) is 25.5 Å². The second-order valence-corrected chi connectivity index (χ2v) is 8.16. The number of furan rings is 1. The van der Waals surface area contributed by atoms with Crippen molar-refractivity contribution in [3.63, 3.8) is 0 Å². The number of carbonyl (C=O) groups excluding carboxylic acids is 1. The smallest absolute Gasteiger partial charge is 0.275 e. The van der Waals surface area contributed by atoms with Gasteiger partial charge in [-0.2, -0.15) is 0 Å². The maximum Gasteiger partial charge on any atom is 0.275 e. The Morgan fingerprint density at radius 1 is 1.43 bits per heavy atom. The summed E-state index contributed by atoms with van der Waals surface area (Å²) in [4.78, 5) is 11.7. The van der Waals surface area contributed by atoms with Crippen LogP contribution >= 0.6 is 11.8 Å². The summed E-state index contributed by atoms with van der Waals surface area (Å²) < 4.78 is 30.2. The van der Waals surface area contributed by atoms with Gasteiger partial charge in [-0.15, -0.1) is 11.8 Å². The van der Waals surface area contributed by atoms with Gasteiger partial charge in [0.1, 0.15) is 5.76 Å². The van der Waals surface area contributed by atoms with E-state index < -0.39 is 10.0 Å². The van der Waals surface area contributed by atoms with Crippen molar-refractivity contribution in [2.45, 2.75) is 36.4 Å². The van der Waals surface area contributed by atoms with Crippen LogP contribution < -0.4 is 5.32 Å². The summed E-state index contributed by atoms with van der Waals surface area (Å²) in [5.74, 6) is 0.967. The van der Waals surface area contributed by atoms with E-state index in [9.17, 15) is 13.2 Å². The second-order valence-electron chi connectivity index (χ2n) is 4.75. The van der Waals surface area contributed by atoms with E-state index in [1.807, 2.05) is 13.8 Å². The Bertz CT molecular complexity index is 566. The molecule has 0 aliphatic rings. The van der Waals surface area contributed by atoms with Crippen LogP contribution in [0.5, 0.6) is 0 Å². The third-order valence-electron chi connectivity index (χ3n) is 2.77. The van der Waals surface area contributed by atoms with Crippen molar-refractivity contribution >= 4 is 27.7 Å². The molecule has 1 atom stereocenters. The summed E-state index contributed by atoms with van der Waals surface area (Å²) in [6.45, 7) is 4.47. The number of nitrogens with one attached hydrogen (secondary N) is 1. The first kappa shape index (κ1) is 18.1. The van der Waals surface area contributed by atoms with E-state index in [1.165, 1.54) is 31.9 Å². The second kappa shape index (κ2) is 7.86. The van der Waals surface area contributed by atoms with Crippen molar-refractivity contribution < 1.29 is 17.6 Å². The standard InChI is InChI=1S/C13H22N2O4S2/c1-5-8-14-13(16)10(2)20-9-11-6-7-12(19-11)21(17,18)15(3)4/h6-7,10H,5,8-9H2,1-4H3,(H,14,16). The lowest BCUT2D eigenvalue weighted by atomic mass is 10.4. The quantitative estimate of drug-likeness (QED) is 0.782. The van der Waals surface area contributed by atoms with E-state index in [4.69, 9.17) is 4.42 Å². The minimum absolute atomic E-state index is 0.0189. The van der Waals surface area contributed by atoms with Gasteiger partial charge in [0.15, 0.2) is 0 Å². The summed E-state index contributed by atoms with van der Waals surface area (Å²) in [6, 6.07) is 3.06. The van der Waals surface area contributed by atoms with Gasteiger partial charge in [0.05, 0.1) is 11.0 Å². The predicted octanol–water partition coefficient (Wildman–Crippen LogP) is 1.68. The Kier molecular flexibility index (Phi) is 6.76. The monoisotopic (exact) mass is 334 g/mol. The minimum Gasteiger partial charge on any atom is -0.447 e. The zero-order valence-electron chi connectivity index (χ0n) is 12.8. The van der Waals surface area contributed by atoms with E-state index in [-0.39, 0.29) is 16.2 Å². The summed E-state index contributed by atoms with van der Waals surface area (Å²) in [5, 5.41) is 2.53. The molecule has 0 aliphatic heterocycles. The van der Waals surface area contributed by atoms with Crippen molar-refractivity contribution in [1.82, 2.24) is 9.62 Å². The van der Waals surface area contributed by atoms with Crippen molar-refractivity contribution in [1.29, 1.82) is 0 Å². The summed E-state index contributed by atoms with van der Waals surface area (Å²) in [7, 11) is -0.643. The lowest BCUT2D eigenvalue weighted by Gasteiger charge is -2.10. The summed E-state index contributed by atoms with van der Waals surface area (Å²) >= 11 is 1.41. The first-order valence-electron chi connectivity index (χ1n) is 6.69. The Morgan fingerprint density at radius 3 is 2.67 bits per heavy atom. The maximum absolute atomic E-state index is 11.9. The van der Waals surface area contributed by atoms with E-state index in [1.54, 1.807) is 6.07 Å². The van der Waals surface area contributed by atoms with Crippen LogP contribution in [-0.4, -0.2) is 44.5 Å². The molecule has 6 nitrogen and oxygen atoms in total. The van der Waals surface area contributed by atoms with Crippen molar-refractivity contribution in [2.75, 3.05) is 20.6 Å². The van der Waals surface area contributed by atoms with Crippen LogP contribution in [0.1, 0.15) is 26.0 Å². The van der Waals surface area contributed by atoms with Gasteiger partial charge in [-0.25, -0.2) is 12.7 Å². The average Bonchev–Trinajstić information content (AvgIpc) is 2.91. The van der Waals surface area contributed by atoms with E-state index >= 15 is 0 Å². The number of hydrogen-bond donors (Lipinski definition) is 1. The van der Waals surface area contributed by atoms with Gasteiger partial charge in [-0.1, -0.05) is 6.92 Å². The number of hydrogen-bond acceptors (Lipinski definition) is 5. The highest BCUT2D eigenvalue weighted by Crippen LogP contribution is 2.22. The molecule has 8 heteroatoms. The Labute approximate surface area is 130 Å². The highest BCUT2D eigenvalue weighted by molar-refractivity contribution is 7.99. The average molecular weight is 334 g/mol. The SMILES string of the molecule is CCCNC(=O)C(C)SCc1ccc(S(=O)(=O)N(C)C)o1. The van der Waals surface area contributed by atoms with Gasteiger partial charge >= 0.3 is 0 Å². The van der Waals surface area contributed by atoms with Gasteiger partial charge in [0, 0.05) is 20.6 Å². The van der Waals surface area contributed by atoms with Crippen molar-refractivity contribution in [2.24, 2.45) is 0 Å². The number of rotatable bonds is 8. The molecule has 21 heavy (non-hydrogen) atoms. The third kappa shape index (κ3) is 5.05. The van der Waals surface area contributed by atoms with Gasteiger partial charge < -0.3 is 9.73 Å². The fourth-order valence-corrected chi connectivity index (χ4v) is 3.05. The third-order valence-corrected chi connectivity index (χ3v) is 5.62. The highest BCUT2D eigenvalue weighted by Gasteiger charge is 2.22. The van der Waals surface area contributed by atoms with Crippen LogP contribution in [-0.2, 0) is 20.6 Å². The molecule has 120 valence electrons. The molecular formula is C13H22N2O4S2. The van der Waals surface area contributed by atoms with Crippen LogP contribution in [0.2, 0.25) is 0 Å². The molecule has 0 spiro atoms. The molecule has 1 amide bonds. The van der Waals surface area contributed by atoms with Gasteiger partial charge in [0.25, 0.3) is 10.0 Å². The lowest BCUT2D eigenvalue weighted by Crippen LogP contribution is -2.31. The first-order chi connectivity index (χ1) is 9.78. The zero-order chi connectivity index (χ0) is 16.0. The molecule has 0 aromatic carbocycles. The molecule has 1 heterocycles. The van der Waals surface area contributed by atoms with Crippen LogP contribution in [0.3, 0.4) is 0 Å². The minimum atomic E-state index is -3.54. The van der Waals surface area contributed by atoms with Crippen molar-refractivity contribution in [3.05, 3.63) is 17.9 Å². The number of sulfonamides is 1. The Morgan fingerprint density at radius 2 is 2.10 bits per heavy atom. The molecule has 0 fully saturated rings. The first-order valence-corrected chi connectivity index (χ1v) is 9.18. The normalized spacial score (nSPS) is 13.4. The number of thioether (sulfide) groups is 1. The van der Waals surface area contributed by atoms with Crippen LogP contribution in [0.15, 0.2) is 21.6 Å². The summed E-state index contributed by atoms with van der Waals surface area (Å²) in [6.07, 6.45) is 0.896. The zero-order valence-corrected chi connectivity index (χ0v) is 14.4. The topological polar surface area (TPSA) is 79.6 Å². The van der Waals surface area contributed by atoms with E-state index in [2.05, 4.69) is 5.32 Å². The molecule has 1 aromatic rings. The van der Waals surface area contributed by atoms with Gasteiger partial charge in [0.2, 0.25) is 11.0 Å². The lowest BCUT2D eigenvalue weighted by molar-refractivity contribution is -0.120. The molecule has 1 rings (SSSR count). The molecular weight excluding hydrogens is 312 g/mol. The fourth-order valence-electron chi connectivity index (χ4n) is 1.43. The number of carbonyl (C=O) groups is 1. The molecule has 1 N–H and O–H groups in total. The van der Waals surface area contributed by atoms with E-state index in [0.29, 0.717) is 18.1 Å². The summed E-state index contributed by atoms with van der Waals surface area (Å²) in [5.41, 5.74) is 0. The number of amides is 1. The maximum atomic E-state index is 11.9. The van der Waals surface area contributed by atoms with Gasteiger partial charge in [-0.3, -0.25) is 4.79 Å². The van der Waals surface area contributed by atoms with Crippen molar-refractivity contribution in [3.8, 4) is 0 Å². The van der Waals surface area contributed by atoms with Crippen LogP contribution in [0.25, 0.3) is 0 Å². The number of nitrogens with zero attached hydrogens (tertiary/aromatic N) is 1. The molecule has 0 bridgehead atoms. The molecule has 1 aromatic heterocycles. The molecule has 0 saturated heterocycles. The fraction of sp³-hybridized carbons (Fsp3) is 0.615. The van der Waals surface area contributed by atoms with Crippen LogP contribution in [0, 0.1) is 0 Å². The molecule has 0 radical (unpaired) electrons. The predicted molar refractivity (Wildman–Crippen MR) is 83.6 cm³/mol. The van der Waals surface area contributed by atoms with E-state index in [0.717, 1.165) is 10.7 Å². The largest absolute Gasteiger partial charge is 0.447 e. The highest BCUT2D eigenvalue weighted by atomic mass is 32.2. The Balaban J connectivity index is 2.58. The molecule has 0 saturated carbocycles. The Hall–Kier alpha value is -0.990. The molecule has 0 aliphatic carbocycles. The molecule has 1 unspecified atom stereocenters. The van der Waals surface area contributed by atoms with Crippen LogP contribution in [0.4, 0.5) is 0 Å².